The zero-order valence-electron chi connectivity index (χ0n) is 18.9. The first-order valence-corrected chi connectivity index (χ1v) is 11.5. The smallest absolute Gasteiger partial charge is 0.274 e. The van der Waals surface area contributed by atoms with Crippen molar-refractivity contribution >= 4 is 57.7 Å². The van der Waals surface area contributed by atoms with E-state index >= 15 is 0 Å². The largest absolute Gasteiger partial charge is 0.338 e. The van der Waals surface area contributed by atoms with E-state index in [2.05, 4.69) is 20.3 Å². The van der Waals surface area contributed by atoms with Crippen molar-refractivity contribution < 1.29 is 11.9 Å². The third-order valence-electron chi connectivity index (χ3n) is 4.85. The molecule has 1 saturated carbocycles. The normalized spacial score (nSPS) is 15.0. The van der Waals surface area contributed by atoms with Crippen LogP contribution >= 0.6 is 34.5 Å². The molecule has 7 nitrogen and oxygen atoms in total. The highest BCUT2D eigenvalue weighted by Crippen LogP contribution is 2.38. The number of carbonyl (C=O) groups is 1. The molecule has 0 spiro atoms. The van der Waals surface area contributed by atoms with Crippen molar-refractivity contribution in [1.29, 1.82) is 0 Å². The van der Waals surface area contributed by atoms with Gasteiger partial charge in [-0.1, -0.05) is 23.2 Å². The Balaban J connectivity index is 1.33. The number of amides is 1. The molecule has 5 rings (SSSR count). The number of hydrogen-bond acceptors (Lipinski definition) is 5. The zero-order valence-corrected chi connectivity index (χ0v) is 19.2. The van der Waals surface area contributed by atoms with Crippen LogP contribution in [0.25, 0.3) is 12.2 Å². The van der Waals surface area contributed by atoms with Gasteiger partial charge in [0.05, 0.1) is 19.8 Å². The summed E-state index contributed by atoms with van der Waals surface area (Å²) in [7, 11) is 0. The van der Waals surface area contributed by atoms with Crippen LogP contribution in [0.1, 0.15) is 49.1 Å². The number of carbonyl (C=O) groups excluding carboxylic acids is 1. The van der Waals surface area contributed by atoms with Gasteiger partial charge in [0.1, 0.15) is 16.5 Å². The zero-order chi connectivity index (χ0) is 24.7. The number of anilines is 1. The standard InChI is InChI=1S/C22H17Cl2FN6OS/c23-14-8-18(30(10-14)9-13-5-6-26-19(25)7-13)21(32)29-22-28-15(11-33-22)1-4-17-20(24)31(12-27-17)16-2-3-16/h1,4-8,10-12,16H,2-3,9H2,(H,28,29,32)/b4-1+/i9D2. The first-order chi connectivity index (χ1) is 16.7. The number of nitrogens with zero attached hydrogens (tertiary/aromatic N) is 5. The van der Waals surface area contributed by atoms with Crippen LogP contribution < -0.4 is 5.32 Å². The Labute approximate surface area is 205 Å². The molecule has 4 heterocycles. The summed E-state index contributed by atoms with van der Waals surface area (Å²) in [6.07, 6.45) is 9.86. The second-order valence-electron chi connectivity index (χ2n) is 7.32. The minimum Gasteiger partial charge on any atom is -0.338 e. The Morgan fingerprint density at radius 2 is 2.18 bits per heavy atom. The van der Waals surface area contributed by atoms with E-state index in [1.165, 1.54) is 29.7 Å². The quantitative estimate of drug-likeness (QED) is 0.323. The molecular formula is C22H17Cl2FN6OS. The molecule has 0 atom stereocenters. The van der Waals surface area contributed by atoms with Gasteiger partial charge in [-0.25, -0.2) is 15.0 Å². The van der Waals surface area contributed by atoms with Gasteiger partial charge in [-0.05, 0) is 48.8 Å². The molecule has 0 aromatic carbocycles. The lowest BCUT2D eigenvalue weighted by Gasteiger charge is -2.08. The Kier molecular flexibility index (Phi) is 5.36. The fourth-order valence-corrected chi connectivity index (χ4v) is 4.30. The van der Waals surface area contributed by atoms with Crippen molar-refractivity contribution in [2.24, 2.45) is 0 Å². The second kappa shape index (κ2) is 9.09. The fourth-order valence-electron chi connectivity index (χ4n) is 3.13. The lowest BCUT2D eigenvalue weighted by Crippen LogP contribution is -2.17. The molecule has 0 bridgehead atoms. The van der Waals surface area contributed by atoms with Crippen molar-refractivity contribution in [1.82, 2.24) is 24.1 Å². The number of aromatic nitrogens is 5. The SMILES string of the molecule is [2H]C([2H])(c1ccnc(F)c1)n1cc(Cl)cc1C(=O)Nc1nc(/C=C/c2ncn(C3CC3)c2Cl)cs1. The number of halogens is 3. The average molecular weight is 505 g/mol. The molecule has 168 valence electrons. The summed E-state index contributed by atoms with van der Waals surface area (Å²) in [6.45, 7) is -2.26. The van der Waals surface area contributed by atoms with Gasteiger partial charge in [-0.15, -0.1) is 11.3 Å². The van der Waals surface area contributed by atoms with E-state index in [1.807, 2.05) is 4.57 Å². The lowest BCUT2D eigenvalue weighted by molar-refractivity contribution is 0.101. The summed E-state index contributed by atoms with van der Waals surface area (Å²) in [5, 5.41) is 5.45. The molecule has 1 fully saturated rings. The molecule has 1 amide bonds. The van der Waals surface area contributed by atoms with Gasteiger partial charge in [-0.3, -0.25) is 10.1 Å². The highest BCUT2D eigenvalue weighted by atomic mass is 35.5. The summed E-state index contributed by atoms with van der Waals surface area (Å²) in [4.78, 5) is 25.1. The van der Waals surface area contributed by atoms with Gasteiger partial charge in [0.15, 0.2) is 5.13 Å². The Morgan fingerprint density at radius 3 is 2.97 bits per heavy atom. The van der Waals surface area contributed by atoms with Gasteiger partial charge in [0, 0.05) is 30.3 Å². The van der Waals surface area contributed by atoms with Crippen LogP contribution in [0.2, 0.25) is 10.2 Å². The molecule has 0 radical (unpaired) electrons. The fraction of sp³-hybridized carbons (Fsp3) is 0.182. The Bertz CT molecular complexity index is 1450. The van der Waals surface area contributed by atoms with E-state index < -0.39 is 18.4 Å². The van der Waals surface area contributed by atoms with Gasteiger partial charge in [0.25, 0.3) is 5.91 Å². The summed E-state index contributed by atoms with van der Waals surface area (Å²) in [5.41, 5.74) is 1.16. The molecule has 1 aliphatic carbocycles. The predicted octanol–water partition coefficient (Wildman–Crippen LogP) is 5.79. The van der Waals surface area contributed by atoms with Crippen LogP contribution in [0.5, 0.6) is 0 Å². The average Bonchev–Trinajstić information content (AvgIpc) is 3.24. The van der Waals surface area contributed by atoms with Gasteiger partial charge in [0.2, 0.25) is 5.95 Å². The second-order valence-corrected chi connectivity index (χ2v) is 8.97. The minimum atomic E-state index is -2.26. The van der Waals surface area contributed by atoms with Crippen LogP contribution in [0.4, 0.5) is 9.52 Å². The summed E-state index contributed by atoms with van der Waals surface area (Å²) in [6, 6.07) is 4.06. The number of pyridine rings is 1. The summed E-state index contributed by atoms with van der Waals surface area (Å²) in [5.74, 6) is -1.45. The van der Waals surface area contributed by atoms with Crippen LogP contribution in [0.3, 0.4) is 0 Å². The summed E-state index contributed by atoms with van der Waals surface area (Å²) >= 11 is 13.7. The number of imidazole rings is 1. The van der Waals surface area contributed by atoms with Crippen LogP contribution in [0.15, 0.2) is 42.3 Å². The Morgan fingerprint density at radius 1 is 1.33 bits per heavy atom. The van der Waals surface area contributed by atoms with E-state index in [0.29, 0.717) is 27.7 Å². The predicted molar refractivity (Wildman–Crippen MR) is 127 cm³/mol. The molecule has 4 aromatic rings. The number of hydrogen-bond donors (Lipinski definition) is 1. The maximum atomic E-state index is 13.6. The van der Waals surface area contributed by atoms with Crippen LogP contribution in [0, 0.1) is 5.95 Å². The Hall–Kier alpha value is -3.01. The van der Waals surface area contributed by atoms with Gasteiger partial charge < -0.3 is 9.13 Å². The minimum absolute atomic E-state index is 0.0178. The molecule has 11 heteroatoms. The van der Waals surface area contributed by atoms with Crippen molar-refractivity contribution in [2.45, 2.75) is 25.4 Å². The van der Waals surface area contributed by atoms with Crippen molar-refractivity contribution in [3.63, 3.8) is 0 Å². The van der Waals surface area contributed by atoms with Gasteiger partial charge in [-0.2, -0.15) is 4.39 Å². The number of nitrogens with one attached hydrogen (secondary N) is 1. The van der Waals surface area contributed by atoms with Crippen LogP contribution in [-0.2, 0) is 6.50 Å². The van der Waals surface area contributed by atoms with E-state index in [4.69, 9.17) is 25.9 Å². The molecule has 0 unspecified atom stereocenters. The van der Waals surface area contributed by atoms with E-state index in [-0.39, 0.29) is 16.3 Å². The van der Waals surface area contributed by atoms with E-state index in [9.17, 15) is 9.18 Å². The highest BCUT2D eigenvalue weighted by molar-refractivity contribution is 7.14. The number of rotatable bonds is 7. The molecule has 0 saturated heterocycles. The number of thiazole rings is 1. The van der Waals surface area contributed by atoms with Crippen molar-refractivity contribution in [3.05, 3.63) is 81.1 Å². The third kappa shape index (κ3) is 5.00. The molecule has 1 aliphatic rings. The topological polar surface area (TPSA) is 77.6 Å². The highest BCUT2D eigenvalue weighted by Gasteiger charge is 2.26. The lowest BCUT2D eigenvalue weighted by atomic mass is 10.2. The molecule has 33 heavy (non-hydrogen) atoms. The van der Waals surface area contributed by atoms with Crippen LogP contribution in [-0.4, -0.2) is 30.0 Å². The molecular weight excluding hydrogens is 486 g/mol. The van der Waals surface area contributed by atoms with E-state index in [0.717, 1.165) is 29.7 Å². The monoisotopic (exact) mass is 504 g/mol. The summed E-state index contributed by atoms with van der Waals surface area (Å²) < 4.78 is 33.5. The van der Waals surface area contributed by atoms with Crippen molar-refractivity contribution in [2.75, 3.05) is 5.32 Å². The first kappa shape index (κ1) is 19.5. The van der Waals surface area contributed by atoms with E-state index in [1.54, 1.807) is 23.9 Å². The maximum Gasteiger partial charge on any atom is 0.274 e. The molecule has 0 aliphatic heterocycles. The maximum absolute atomic E-state index is 13.6. The first-order valence-electron chi connectivity index (χ1n) is 10.9. The third-order valence-corrected chi connectivity index (χ3v) is 6.22. The van der Waals surface area contributed by atoms with Gasteiger partial charge >= 0.3 is 0 Å². The molecule has 1 N–H and O–H groups in total. The van der Waals surface area contributed by atoms with Crippen molar-refractivity contribution in [3.8, 4) is 0 Å². The molecule has 4 aromatic heterocycles.